The van der Waals surface area contributed by atoms with Crippen LogP contribution in [0.2, 0.25) is 0 Å². The van der Waals surface area contributed by atoms with Gasteiger partial charge in [-0.05, 0) is 34.4 Å². The van der Waals surface area contributed by atoms with E-state index in [-0.39, 0.29) is 0 Å². The van der Waals surface area contributed by atoms with Gasteiger partial charge < -0.3 is 0 Å². The second kappa shape index (κ2) is 14.1. The minimum Gasteiger partial charge on any atom is -0.246 e. The van der Waals surface area contributed by atoms with Gasteiger partial charge in [0.1, 0.15) is 0 Å². The summed E-state index contributed by atoms with van der Waals surface area (Å²) in [5.41, 5.74) is 13.8. The minimum absolute atomic E-state index is 0.709. The first-order valence-corrected chi connectivity index (χ1v) is 19.3. The van der Waals surface area contributed by atoms with Gasteiger partial charge in [0, 0.05) is 43.5 Å². The zero-order chi connectivity index (χ0) is 36.6. The normalized spacial score (nSPS) is 11.3. The molecule has 0 aliphatic heterocycles. The van der Waals surface area contributed by atoms with Crippen LogP contribution >= 0.6 is 11.3 Å². The van der Waals surface area contributed by atoms with Crippen molar-refractivity contribution in [2.75, 3.05) is 0 Å². The number of rotatable bonds is 7. The van der Waals surface area contributed by atoms with Gasteiger partial charge in [-0.1, -0.05) is 188 Å². The number of hydrogen-bond donors (Lipinski definition) is 0. The van der Waals surface area contributed by atoms with E-state index in [1.54, 1.807) is 0 Å². The van der Waals surface area contributed by atoms with Crippen LogP contribution in [0.25, 0.3) is 98.8 Å². The molecular weight excluding hydrogens is 687 g/mol. The molecule has 55 heavy (non-hydrogen) atoms. The van der Waals surface area contributed by atoms with Gasteiger partial charge in [-0.25, -0.2) is 15.0 Å². The largest absolute Gasteiger partial charge is 0.246 e. The number of benzene rings is 7. The molecule has 3 heterocycles. The summed E-state index contributed by atoms with van der Waals surface area (Å²) in [6.07, 6.45) is 0. The maximum atomic E-state index is 5.44. The van der Waals surface area contributed by atoms with Gasteiger partial charge in [0.2, 0.25) is 0 Å². The van der Waals surface area contributed by atoms with Gasteiger partial charge in [0.15, 0.2) is 5.82 Å². The lowest BCUT2D eigenvalue weighted by Gasteiger charge is -2.12. The van der Waals surface area contributed by atoms with E-state index in [1.807, 2.05) is 47.7 Å². The Kier molecular flexibility index (Phi) is 8.36. The Bertz CT molecular complexity index is 2870. The zero-order valence-electron chi connectivity index (χ0n) is 29.8. The molecule has 3 nitrogen and oxygen atoms in total. The van der Waals surface area contributed by atoms with Crippen molar-refractivity contribution in [1.82, 2.24) is 15.0 Å². The Morgan fingerprint density at radius 2 is 0.818 bits per heavy atom. The number of nitrogens with zero attached hydrogens (tertiary/aromatic N) is 3. The number of fused-ring (bicyclic) bond motifs is 3. The lowest BCUT2D eigenvalue weighted by molar-refractivity contribution is 1.18. The van der Waals surface area contributed by atoms with Crippen LogP contribution in [0.3, 0.4) is 0 Å². The highest BCUT2D eigenvalue weighted by atomic mass is 32.1. The van der Waals surface area contributed by atoms with Crippen molar-refractivity contribution in [1.29, 1.82) is 0 Å². The van der Waals surface area contributed by atoms with E-state index in [2.05, 4.69) is 164 Å². The van der Waals surface area contributed by atoms with Crippen LogP contribution in [0.1, 0.15) is 0 Å². The van der Waals surface area contributed by atoms with Crippen LogP contribution in [0, 0.1) is 0 Å². The van der Waals surface area contributed by atoms with Crippen LogP contribution in [0.4, 0.5) is 0 Å². The maximum Gasteiger partial charge on any atom is 0.160 e. The van der Waals surface area contributed by atoms with Crippen molar-refractivity contribution in [2.24, 2.45) is 0 Å². The molecule has 0 saturated carbocycles. The SMILES string of the molecule is c1ccc(-c2cc(-c3ccc(-c4ccc5c(c4)nc(-c4ccccc4)c4sc(-c6ccccc6)c(-c6ccccc6)c45)cc3)nc(-c3ccccc3)n2)cc1. The van der Waals surface area contributed by atoms with Crippen molar-refractivity contribution < 1.29 is 0 Å². The standard InChI is InChI=1S/C51H33N3S/c1-6-16-35(17-7-1)43-33-44(54-51(53-43)40-24-14-5-15-25-40)36-28-26-34(27-29-36)41-30-31-42-45(32-41)52-48(38-20-10-3-11-21-38)50-47(42)46(37-18-8-2-9-19-37)49(55-50)39-22-12-4-13-23-39/h1-33H. The van der Waals surface area contributed by atoms with Crippen molar-refractivity contribution >= 4 is 32.3 Å². The molecule has 3 aromatic heterocycles. The molecule has 0 N–H and O–H groups in total. The maximum absolute atomic E-state index is 5.44. The smallest absolute Gasteiger partial charge is 0.160 e. The third kappa shape index (κ3) is 6.19. The van der Waals surface area contributed by atoms with Crippen LogP contribution < -0.4 is 0 Å². The van der Waals surface area contributed by atoms with E-state index in [0.29, 0.717) is 5.82 Å². The van der Waals surface area contributed by atoms with Gasteiger partial charge in [0.05, 0.1) is 27.3 Å². The highest BCUT2D eigenvalue weighted by Crippen LogP contribution is 2.50. The highest BCUT2D eigenvalue weighted by Gasteiger charge is 2.22. The molecule has 0 fully saturated rings. The summed E-state index contributed by atoms with van der Waals surface area (Å²) in [5, 5.41) is 2.39. The fourth-order valence-corrected chi connectivity index (χ4v) is 8.76. The first-order valence-electron chi connectivity index (χ1n) is 18.4. The van der Waals surface area contributed by atoms with E-state index in [0.717, 1.165) is 61.4 Å². The van der Waals surface area contributed by atoms with Gasteiger partial charge in [0.25, 0.3) is 0 Å². The summed E-state index contributed by atoms with van der Waals surface area (Å²) < 4.78 is 1.20. The minimum atomic E-state index is 0.709. The van der Waals surface area contributed by atoms with E-state index in [1.165, 1.54) is 31.7 Å². The molecule has 4 heteroatoms. The molecule has 10 aromatic rings. The Balaban J connectivity index is 1.12. The second-order valence-electron chi connectivity index (χ2n) is 13.6. The lowest BCUT2D eigenvalue weighted by Crippen LogP contribution is -1.95. The van der Waals surface area contributed by atoms with E-state index in [9.17, 15) is 0 Å². The van der Waals surface area contributed by atoms with Crippen molar-refractivity contribution in [3.05, 3.63) is 200 Å². The molecule has 258 valence electrons. The molecule has 0 aliphatic carbocycles. The molecule has 0 bridgehead atoms. The molecule has 7 aromatic carbocycles. The van der Waals surface area contributed by atoms with Crippen LogP contribution in [-0.2, 0) is 0 Å². The molecule has 0 amide bonds. The third-order valence-electron chi connectivity index (χ3n) is 10.1. The zero-order valence-corrected chi connectivity index (χ0v) is 30.6. The fraction of sp³-hybridized carbons (Fsp3) is 0. The molecule has 0 radical (unpaired) electrons. The topological polar surface area (TPSA) is 38.7 Å². The monoisotopic (exact) mass is 719 g/mol. The van der Waals surface area contributed by atoms with Gasteiger partial charge in [-0.3, -0.25) is 0 Å². The summed E-state index contributed by atoms with van der Waals surface area (Å²) in [5.74, 6) is 0.709. The molecule has 0 unspecified atom stereocenters. The number of pyridine rings is 1. The van der Waals surface area contributed by atoms with E-state index >= 15 is 0 Å². The van der Waals surface area contributed by atoms with Gasteiger partial charge in [-0.2, -0.15) is 0 Å². The predicted molar refractivity (Wildman–Crippen MR) is 231 cm³/mol. The van der Waals surface area contributed by atoms with Crippen LogP contribution in [0.15, 0.2) is 200 Å². The Morgan fingerprint density at radius 3 is 1.42 bits per heavy atom. The first-order chi connectivity index (χ1) is 27.3. The van der Waals surface area contributed by atoms with Crippen molar-refractivity contribution in [3.8, 4) is 77.9 Å². The molecule has 0 atom stereocenters. The third-order valence-corrected chi connectivity index (χ3v) is 11.4. The van der Waals surface area contributed by atoms with E-state index in [4.69, 9.17) is 15.0 Å². The molecule has 0 spiro atoms. The average molecular weight is 720 g/mol. The second-order valence-corrected chi connectivity index (χ2v) is 14.6. The van der Waals surface area contributed by atoms with Gasteiger partial charge in [-0.15, -0.1) is 11.3 Å². The number of aromatic nitrogens is 3. The fourth-order valence-electron chi connectivity index (χ4n) is 7.41. The van der Waals surface area contributed by atoms with Crippen molar-refractivity contribution in [3.63, 3.8) is 0 Å². The van der Waals surface area contributed by atoms with Crippen LogP contribution in [0.5, 0.6) is 0 Å². The number of hydrogen-bond acceptors (Lipinski definition) is 4. The van der Waals surface area contributed by atoms with Gasteiger partial charge >= 0.3 is 0 Å². The Morgan fingerprint density at radius 1 is 0.345 bits per heavy atom. The quantitative estimate of drug-likeness (QED) is 0.165. The summed E-state index contributed by atoms with van der Waals surface area (Å²) in [6, 6.07) is 70.1. The Labute approximate surface area is 323 Å². The molecule has 0 saturated heterocycles. The summed E-state index contributed by atoms with van der Waals surface area (Å²) in [6.45, 7) is 0. The predicted octanol–water partition coefficient (Wildman–Crippen LogP) is 13.9. The molecule has 0 aliphatic rings. The lowest BCUT2D eigenvalue weighted by atomic mass is 9.94. The summed E-state index contributed by atoms with van der Waals surface area (Å²) in [7, 11) is 0. The van der Waals surface area contributed by atoms with Crippen molar-refractivity contribution in [2.45, 2.75) is 0 Å². The number of thiophene rings is 1. The average Bonchev–Trinajstić information content (AvgIpc) is 3.68. The van der Waals surface area contributed by atoms with Crippen LogP contribution in [-0.4, -0.2) is 15.0 Å². The molecular formula is C51H33N3S. The van der Waals surface area contributed by atoms with E-state index < -0.39 is 0 Å². The summed E-state index contributed by atoms with van der Waals surface area (Å²) in [4.78, 5) is 16.7. The molecule has 10 rings (SSSR count). The highest BCUT2D eigenvalue weighted by molar-refractivity contribution is 7.23. The first kappa shape index (κ1) is 32.6. The Hall–Kier alpha value is -7.01. The summed E-state index contributed by atoms with van der Waals surface area (Å²) >= 11 is 1.83.